The average Bonchev–Trinajstić information content (AvgIpc) is 3.23. The van der Waals surface area contributed by atoms with Crippen molar-refractivity contribution < 1.29 is 14.3 Å². The molecule has 0 atom stereocenters. The van der Waals surface area contributed by atoms with Gasteiger partial charge in [-0.05, 0) is 73.9 Å². The fourth-order valence-corrected chi connectivity index (χ4v) is 3.33. The fraction of sp³-hybridized carbons (Fsp3) is 0.250. The minimum Gasteiger partial charge on any atom is -0.496 e. The molecule has 0 spiro atoms. The van der Waals surface area contributed by atoms with E-state index < -0.39 is 0 Å². The van der Waals surface area contributed by atoms with Gasteiger partial charge in [-0.25, -0.2) is 0 Å². The van der Waals surface area contributed by atoms with Crippen molar-refractivity contribution in [3.05, 3.63) is 81.6 Å². The van der Waals surface area contributed by atoms with Crippen molar-refractivity contribution in [2.75, 3.05) is 7.11 Å². The van der Waals surface area contributed by atoms with Crippen molar-refractivity contribution in [2.45, 2.75) is 33.9 Å². The Bertz CT molecular complexity index is 1060. The summed E-state index contributed by atoms with van der Waals surface area (Å²) in [6, 6.07) is 11.3. The van der Waals surface area contributed by atoms with Gasteiger partial charge in [-0.1, -0.05) is 23.7 Å². The average molecular weight is 425 g/mol. The summed E-state index contributed by atoms with van der Waals surface area (Å²) in [5, 5.41) is 4.89. The van der Waals surface area contributed by atoms with Gasteiger partial charge in [0.05, 0.1) is 7.11 Å². The van der Waals surface area contributed by atoms with E-state index in [0.29, 0.717) is 18.8 Å². The third kappa shape index (κ3) is 4.92. The van der Waals surface area contributed by atoms with Crippen molar-refractivity contribution in [3.63, 3.8) is 0 Å². The number of ketones is 1. The number of carbonyl (C=O) groups is 1. The molecule has 0 aliphatic heterocycles. The molecule has 0 N–H and O–H groups in total. The summed E-state index contributed by atoms with van der Waals surface area (Å²) >= 11 is 6.24. The molecular weight excluding hydrogens is 400 g/mol. The fourth-order valence-electron chi connectivity index (χ4n) is 3.22. The van der Waals surface area contributed by atoms with Crippen LogP contribution in [0.25, 0.3) is 6.08 Å². The second-order valence-corrected chi connectivity index (χ2v) is 7.34. The SMILES string of the molecule is CCn1nccc1C(=O)/C=C/c1ccc(OC)c(COc2cc(C)c(Cl)c(C)c2)c1. The molecule has 3 aromatic rings. The molecule has 0 fully saturated rings. The first-order chi connectivity index (χ1) is 14.4. The molecule has 2 aromatic carbocycles. The van der Waals surface area contributed by atoms with Gasteiger partial charge < -0.3 is 9.47 Å². The highest BCUT2D eigenvalue weighted by atomic mass is 35.5. The smallest absolute Gasteiger partial charge is 0.203 e. The van der Waals surface area contributed by atoms with Gasteiger partial charge >= 0.3 is 0 Å². The molecule has 0 bridgehead atoms. The quantitative estimate of drug-likeness (QED) is 0.346. The number of carbonyl (C=O) groups excluding carboxylic acids is 1. The Kier molecular flexibility index (Phi) is 6.95. The van der Waals surface area contributed by atoms with Gasteiger partial charge in [0.15, 0.2) is 0 Å². The maximum atomic E-state index is 12.5. The van der Waals surface area contributed by atoms with E-state index in [4.69, 9.17) is 21.1 Å². The Labute approximate surface area is 181 Å². The van der Waals surface area contributed by atoms with Crippen molar-refractivity contribution in [1.82, 2.24) is 9.78 Å². The van der Waals surface area contributed by atoms with Gasteiger partial charge in [-0.2, -0.15) is 5.10 Å². The van der Waals surface area contributed by atoms with Crippen molar-refractivity contribution in [2.24, 2.45) is 0 Å². The Balaban J connectivity index is 1.77. The van der Waals surface area contributed by atoms with E-state index in [9.17, 15) is 4.79 Å². The molecular formula is C24H25ClN2O3. The number of aromatic nitrogens is 2. The van der Waals surface area contributed by atoms with Crippen LogP contribution in [0.2, 0.25) is 5.02 Å². The normalized spacial score (nSPS) is 11.1. The summed E-state index contributed by atoms with van der Waals surface area (Å²) in [7, 11) is 1.63. The first kappa shape index (κ1) is 21.7. The van der Waals surface area contributed by atoms with Gasteiger partial charge in [0.2, 0.25) is 5.78 Å². The lowest BCUT2D eigenvalue weighted by Crippen LogP contribution is -2.07. The number of methoxy groups -OCH3 is 1. The molecule has 3 rings (SSSR count). The van der Waals surface area contributed by atoms with Crippen molar-refractivity contribution >= 4 is 23.5 Å². The minimum atomic E-state index is -0.0879. The molecule has 1 heterocycles. The zero-order chi connectivity index (χ0) is 21.7. The molecule has 6 heteroatoms. The maximum absolute atomic E-state index is 12.5. The summed E-state index contributed by atoms with van der Waals surface area (Å²) in [4.78, 5) is 12.5. The minimum absolute atomic E-state index is 0.0879. The predicted octanol–water partition coefficient (Wildman–Crippen LogP) is 5.66. The number of hydrogen-bond acceptors (Lipinski definition) is 4. The van der Waals surface area contributed by atoms with Crippen LogP contribution in [0.15, 0.2) is 48.7 Å². The lowest BCUT2D eigenvalue weighted by Gasteiger charge is -2.13. The number of halogens is 1. The predicted molar refractivity (Wildman–Crippen MR) is 120 cm³/mol. The lowest BCUT2D eigenvalue weighted by atomic mass is 10.1. The highest BCUT2D eigenvalue weighted by molar-refractivity contribution is 6.32. The van der Waals surface area contributed by atoms with Crippen LogP contribution < -0.4 is 9.47 Å². The second kappa shape index (κ2) is 9.63. The van der Waals surface area contributed by atoms with E-state index in [1.807, 2.05) is 51.1 Å². The van der Waals surface area contributed by atoms with Crippen LogP contribution in [0.4, 0.5) is 0 Å². The number of ether oxygens (including phenoxy) is 2. The molecule has 0 saturated carbocycles. The Morgan fingerprint density at radius 2 is 1.90 bits per heavy atom. The number of aryl methyl sites for hydroxylation is 3. The molecule has 156 valence electrons. The molecule has 0 saturated heterocycles. The van der Waals surface area contributed by atoms with Crippen LogP contribution in [0.5, 0.6) is 11.5 Å². The van der Waals surface area contributed by atoms with Gasteiger partial charge in [-0.3, -0.25) is 9.48 Å². The molecule has 0 aliphatic carbocycles. The van der Waals surface area contributed by atoms with Gasteiger partial charge in [0.1, 0.15) is 23.8 Å². The molecule has 30 heavy (non-hydrogen) atoms. The number of hydrogen-bond donors (Lipinski definition) is 0. The monoisotopic (exact) mass is 424 g/mol. The van der Waals surface area contributed by atoms with Crippen LogP contribution in [-0.2, 0) is 13.2 Å². The Morgan fingerprint density at radius 3 is 2.57 bits per heavy atom. The molecule has 0 amide bonds. The molecule has 0 unspecified atom stereocenters. The van der Waals surface area contributed by atoms with Gasteiger partial charge in [0, 0.05) is 23.3 Å². The highest BCUT2D eigenvalue weighted by Gasteiger charge is 2.10. The van der Waals surface area contributed by atoms with Crippen LogP contribution in [0, 0.1) is 13.8 Å². The van der Waals surface area contributed by atoms with E-state index in [1.165, 1.54) is 0 Å². The van der Waals surface area contributed by atoms with Crippen molar-refractivity contribution in [3.8, 4) is 11.5 Å². The molecule has 1 aromatic heterocycles. The van der Waals surface area contributed by atoms with E-state index >= 15 is 0 Å². The van der Waals surface area contributed by atoms with E-state index in [0.717, 1.165) is 38.8 Å². The summed E-state index contributed by atoms with van der Waals surface area (Å²) < 4.78 is 13.1. The number of nitrogens with zero attached hydrogens (tertiary/aromatic N) is 2. The van der Waals surface area contributed by atoms with E-state index in [-0.39, 0.29) is 5.78 Å². The summed E-state index contributed by atoms with van der Waals surface area (Å²) in [6.07, 6.45) is 4.98. The van der Waals surface area contributed by atoms with Crippen LogP contribution >= 0.6 is 11.6 Å². The van der Waals surface area contributed by atoms with Crippen LogP contribution in [0.1, 0.15) is 39.7 Å². The Hall–Kier alpha value is -3.05. The summed E-state index contributed by atoms with van der Waals surface area (Å²) in [5.41, 5.74) is 4.28. The first-order valence-corrected chi connectivity index (χ1v) is 10.1. The van der Waals surface area contributed by atoms with Crippen LogP contribution in [0.3, 0.4) is 0 Å². The Morgan fingerprint density at radius 1 is 1.17 bits per heavy atom. The number of allylic oxidation sites excluding steroid dienone is 1. The molecule has 5 nitrogen and oxygen atoms in total. The molecule has 0 radical (unpaired) electrons. The third-order valence-corrected chi connectivity index (χ3v) is 5.40. The van der Waals surface area contributed by atoms with Crippen molar-refractivity contribution in [1.29, 1.82) is 0 Å². The maximum Gasteiger partial charge on any atom is 0.203 e. The zero-order valence-corrected chi connectivity index (χ0v) is 18.4. The highest BCUT2D eigenvalue weighted by Crippen LogP contribution is 2.28. The van der Waals surface area contributed by atoms with Gasteiger partial charge in [-0.15, -0.1) is 0 Å². The van der Waals surface area contributed by atoms with Gasteiger partial charge in [0.25, 0.3) is 0 Å². The third-order valence-electron chi connectivity index (χ3n) is 4.80. The van der Waals surface area contributed by atoms with Crippen LogP contribution in [-0.4, -0.2) is 22.7 Å². The first-order valence-electron chi connectivity index (χ1n) is 9.73. The number of benzene rings is 2. The lowest BCUT2D eigenvalue weighted by molar-refractivity contribution is 0.103. The second-order valence-electron chi connectivity index (χ2n) is 6.96. The largest absolute Gasteiger partial charge is 0.496 e. The van der Waals surface area contributed by atoms with E-state index in [1.54, 1.807) is 36.2 Å². The summed E-state index contributed by atoms with van der Waals surface area (Å²) in [5.74, 6) is 1.39. The summed E-state index contributed by atoms with van der Waals surface area (Å²) in [6.45, 7) is 6.84. The molecule has 0 aliphatic rings. The zero-order valence-electron chi connectivity index (χ0n) is 17.6. The number of rotatable bonds is 8. The van der Waals surface area contributed by atoms with E-state index in [2.05, 4.69) is 5.10 Å². The topological polar surface area (TPSA) is 53.4 Å². The standard InChI is InChI=1S/C24H25ClN2O3/c1-5-27-21(10-11-26-27)22(28)8-6-18-7-9-23(29-4)19(14-18)15-30-20-12-16(2)24(25)17(3)13-20/h6-14H,5,15H2,1-4H3/b8-6+.